The first-order chi connectivity index (χ1) is 8.75. The molecule has 0 radical (unpaired) electrons. The van der Waals surface area contributed by atoms with Gasteiger partial charge < -0.3 is 4.90 Å². The van der Waals surface area contributed by atoms with Crippen LogP contribution in [0.2, 0.25) is 0 Å². The van der Waals surface area contributed by atoms with Gasteiger partial charge in [0, 0.05) is 22.8 Å². The van der Waals surface area contributed by atoms with Crippen molar-refractivity contribution in [1.82, 2.24) is 4.90 Å². The maximum Gasteiger partial charge on any atom is 0.230 e. The van der Waals surface area contributed by atoms with Crippen molar-refractivity contribution in [3.8, 4) is 0 Å². The third-order valence-corrected chi connectivity index (χ3v) is 5.77. The zero-order valence-corrected chi connectivity index (χ0v) is 12.8. The number of amides is 1. The van der Waals surface area contributed by atoms with Gasteiger partial charge in [-0.3, -0.25) is 4.79 Å². The second-order valence-corrected chi connectivity index (χ2v) is 7.56. The zero-order valence-electron chi connectivity index (χ0n) is 10.4. The third kappa shape index (κ3) is 2.37. The fourth-order valence-electron chi connectivity index (χ4n) is 3.09. The van der Waals surface area contributed by atoms with Crippen LogP contribution in [0.15, 0.2) is 11.4 Å². The molecule has 3 rings (SSSR count). The fourth-order valence-corrected chi connectivity index (χ4v) is 4.75. The van der Waals surface area contributed by atoms with Crippen LogP contribution < -0.4 is 0 Å². The van der Waals surface area contributed by atoms with E-state index in [4.69, 9.17) is 0 Å². The summed E-state index contributed by atoms with van der Waals surface area (Å²) in [6.45, 7) is 1.83. The minimum atomic E-state index is 0.137. The van der Waals surface area contributed by atoms with E-state index in [0.717, 1.165) is 38.8 Å². The predicted octanol–water partition coefficient (Wildman–Crippen LogP) is 3.55. The molecular weight excluding hydrogens is 310 g/mol. The molecule has 2 atom stereocenters. The first-order valence-corrected chi connectivity index (χ1v) is 8.54. The average Bonchev–Trinajstić information content (AvgIpc) is 2.86. The second kappa shape index (κ2) is 5.33. The van der Waals surface area contributed by atoms with Gasteiger partial charge in [0.1, 0.15) is 0 Å². The van der Waals surface area contributed by atoms with E-state index in [0.29, 0.717) is 10.7 Å². The van der Waals surface area contributed by atoms with Crippen LogP contribution in [-0.2, 0) is 11.2 Å². The molecule has 2 unspecified atom stereocenters. The molecule has 1 aromatic heterocycles. The number of hydrogen-bond acceptors (Lipinski definition) is 2. The quantitative estimate of drug-likeness (QED) is 0.722. The van der Waals surface area contributed by atoms with Crippen LogP contribution in [-0.4, -0.2) is 28.7 Å². The van der Waals surface area contributed by atoms with Gasteiger partial charge in [-0.2, -0.15) is 0 Å². The van der Waals surface area contributed by atoms with Crippen LogP contribution in [0.1, 0.15) is 42.0 Å². The van der Waals surface area contributed by atoms with Gasteiger partial charge in [0.05, 0.1) is 5.92 Å². The molecule has 2 aliphatic rings. The maximum atomic E-state index is 12.7. The number of fused-ring (bicyclic) bond motifs is 1. The molecular formula is C14H18BrNOS. The van der Waals surface area contributed by atoms with Crippen molar-refractivity contribution >= 4 is 33.2 Å². The van der Waals surface area contributed by atoms with Gasteiger partial charge >= 0.3 is 0 Å². The minimum absolute atomic E-state index is 0.137. The Morgan fingerprint density at radius 1 is 1.39 bits per heavy atom. The van der Waals surface area contributed by atoms with E-state index in [-0.39, 0.29) is 5.92 Å². The normalized spacial score (nSPS) is 27.9. The molecule has 1 aromatic rings. The fraction of sp³-hybridized carbons (Fsp3) is 0.643. The highest BCUT2D eigenvalue weighted by atomic mass is 79.9. The van der Waals surface area contributed by atoms with Gasteiger partial charge in [-0.05, 0) is 49.1 Å². The van der Waals surface area contributed by atoms with E-state index >= 15 is 0 Å². The Morgan fingerprint density at radius 3 is 3.11 bits per heavy atom. The topological polar surface area (TPSA) is 20.3 Å². The number of aryl methyl sites for hydroxylation is 1. The van der Waals surface area contributed by atoms with Crippen LogP contribution in [0, 0.1) is 0 Å². The summed E-state index contributed by atoms with van der Waals surface area (Å²) in [5.41, 5.74) is 1.31. The highest BCUT2D eigenvalue weighted by molar-refractivity contribution is 9.09. The van der Waals surface area contributed by atoms with Gasteiger partial charge in [0.2, 0.25) is 5.91 Å². The van der Waals surface area contributed by atoms with E-state index in [1.54, 1.807) is 0 Å². The lowest BCUT2D eigenvalue weighted by molar-refractivity contribution is -0.133. The summed E-state index contributed by atoms with van der Waals surface area (Å²) in [6.07, 6.45) is 5.68. The molecule has 4 heteroatoms. The van der Waals surface area contributed by atoms with Crippen LogP contribution in [0.3, 0.4) is 0 Å². The summed E-state index contributed by atoms with van der Waals surface area (Å²) in [4.78, 5) is 16.7. The van der Waals surface area contributed by atoms with E-state index in [2.05, 4.69) is 32.3 Å². The molecule has 0 N–H and O–H groups in total. The summed E-state index contributed by atoms with van der Waals surface area (Å²) >= 11 is 5.47. The lowest BCUT2D eigenvalue weighted by Gasteiger charge is -2.34. The van der Waals surface area contributed by atoms with Gasteiger partial charge in [0.25, 0.3) is 0 Å². The largest absolute Gasteiger partial charge is 0.341 e. The first kappa shape index (κ1) is 12.7. The molecule has 1 aliphatic heterocycles. The van der Waals surface area contributed by atoms with Crippen molar-refractivity contribution in [1.29, 1.82) is 0 Å². The summed E-state index contributed by atoms with van der Waals surface area (Å²) in [5, 5.41) is 2.14. The average molecular weight is 328 g/mol. The monoisotopic (exact) mass is 327 g/mol. The highest BCUT2D eigenvalue weighted by Crippen LogP contribution is 2.36. The number of carbonyl (C=O) groups is 1. The van der Waals surface area contributed by atoms with E-state index < -0.39 is 0 Å². The lowest BCUT2D eigenvalue weighted by atomic mass is 9.86. The van der Waals surface area contributed by atoms with E-state index in [9.17, 15) is 4.79 Å². The zero-order chi connectivity index (χ0) is 12.5. The van der Waals surface area contributed by atoms with Crippen molar-refractivity contribution in [2.24, 2.45) is 0 Å². The summed E-state index contributed by atoms with van der Waals surface area (Å²) in [7, 11) is 0. The second-order valence-electron chi connectivity index (χ2n) is 5.27. The summed E-state index contributed by atoms with van der Waals surface area (Å²) in [6, 6.07) is 2.16. The molecule has 18 heavy (non-hydrogen) atoms. The Hall–Kier alpha value is -0.350. The Bertz CT molecular complexity index is 445. The molecule has 1 amide bonds. The van der Waals surface area contributed by atoms with Gasteiger partial charge in [-0.15, -0.1) is 11.3 Å². The molecule has 2 heterocycles. The van der Waals surface area contributed by atoms with Crippen molar-refractivity contribution in [2.75, 3.05) is 13.1 Å². The van der Waals surface area contributed by atoms with Gasteiger partial charge in [-0.25, -0.2) is 0 Å². The summed E-state index contributed by atoms with van der Waals surface area (Å²) in [5.74, 6) is 0.497. The van der Waals surface area contributed by atoms with Crippen molar-refractivity contribution < 1.29 is 4.79 Å². The molecule has 1 aliphatic carbocycles. The Balaban J connectivity index is 1.77. The number of likely N-dealkylation sites (tertiary alicyclic amines) is 1. The first-order valence-electron chi connectivity index (χ1n) is 6.75. The van der Waals surface area contributed by atoms with Crippen LogP contribution >= 0.6 is 27.3 Å². The number of piperidine rings is 1. The van der Waals surface area contributed by atoms with Crippen molar-refractivity contribution in [2.45, 2.75) is 42.8 Å². The Morgan fingerprint density at radius 2 is 2.28 bits per heavy atom. The number of halogens is 1. The smallest absolute Gasteiger partial charge is 0.230 e. The predicted molar refractivity (Wildman–Crippen MR) is 78.5 cm³/mol. The number of thiophene rings is 1. The minimum Gasteiger partial charge on any atom is -0.341 e. The SMILES string of the molecule is O=C(C1CCCc2sccc21)N1CCCC(Br)C1. The molecule has 1 saturated heterocycles. The molecule has 0 spiro atoms. The van der Waals surface area contributed by atoms with Gasteiger partial charge in [0.15, 0.2) is 0 Å². The Labute approximate surface area is 120 Å². The van der Waals surface area contributed by atoms with Crippen LogP contribution in [0.4, 0.5) is 0 Å². The molecule has 0 bridgehead atoms. The van der Waals surface area contributed by atoms with E-state index in [1.807, 2.05) is 11.3 Å². The number of alkyl halides is 1. The highest BCUT2D eigenvalue weighted by Gasteiger charge is 2.32. The molecule has 0 aromatic carbocycles. The van der Waals surface area contributed by atoms with Crippen molar-refractivity contribution in [3.05, 3.63) is 21.9 Å². The van der Waals surface area contributed by atoms with Crippen LogP contribution in [0.5, 0.6) is 0 Å². The number of carbonyl (C=O) groups excluding carboxylic acids is 1. The molecule has 98 valence electrons. The number of hydrogen-bond donors (Lipinski definition) is 0. The molecule has 1 fully saturated rings. The van der Waals surface area contributed by atoms with Crippen molar-refractivity contribution in [3.63, 3.8) is 0 Å². The van der Waals surface area contributed by atoms with Gasteiger partial charge in [-0.1, -0.05) is 15.9 Å². The van der Waals surface area contributed by atoms with Crippen LogP contribution in [0.25, 0.3) is 0 Å². The lowest BCUT2D eigenvalue weighted by Crippen LogP contribution is -2.43. The maximum absolute atomic E-state index is 12.7. The third-order valence-electron chi connectivity index (χ3n) is 4.03. The number of nitrogens with zero attached hydrogens (tertiary/aromatic N) is 1. The van der Waals surface area contributed by atoms with E-state index in [1.165, 1.54) is 16.9 Å². The molecule has 0 saturated carbocycles. The number of rotatable bonds is 1. The Kier molecular flexibility index (Phi) is 3.76. The standard InChI is InChI=1S/C14H18BrNOS/c15-10-3-2-7-16(9-10)14(17)12-4-1-5-13-11(12)6-8-18-13/h6,8,10,12H,1-5,7,9H2. The summed E-state index contributed by atoms with van der Waals surface area (Å²) < 4.78 is 0. The molecule has 2 nitrogen and oxygen atoms in total.